The quantitative estimate of drug-likeness (QED) is 0.299. The predicted octanol–water partition coefficient (Wildman–Crippen LogP) is 5.66. The summed E-state index contributed by atoms with van der Waals surface area (Å²) < 4.78 is 0. The maximum absolute atomic E-state index is 2.53. The fraction of sp³-hybridized carbons (Fsp3) is 0.0303. The molecule has 1 aliphatic heterocycles. The molecule has 0 bridgehead atoms. The molecule has 1 heteroatoms. The van der Waals surface area contributed by atoms with Crippen molar-refractivity contribution in [2.45, 2.75) is 6.92 Å². The van der Waals surface area contributed by atoms with Crippen LogP contribution in [0.4, 0.5) is 0 Å². The van der Waals surface area contributed by atoms with Crippen molar-refractivity contribution in [3.05, 3.63) is 133 Å². The summed E-state index contributed by atoms with van der Waals surface area (Å²) in [5.41, 5.74) is 4.13. The van der Waals surface area contributed by atoms with E-state index in [-0.39, 0.29) is 0 Å². The monoisotopic (exact) mass is 448 g/mol. The van der Waals surface area contributed by atoms with E-state index >= 15 is 0 Å². The van der Waals surface area contributed by atoms with Crippen molar-refractivity contribution in [1.29, 1.82) is 0 Å². The van der Waals surface area contributed by atoms with Gasteiger partial charge in [0, 0.05) is 0 Å². The Bertz CT molecular complexity index is 1700. The average Bonchev–Trinajstić information content (AvgIpc) is 3.22. The molecule has 0 fully saturated rings. The molecule has 1 aliphatic rings. The molecule has 0 N–H and O–H groups in total. The maximum atomic E-state index is 2.44. The Hall–Kier alpha value is -3.94. The van der Waals surface area contributed by atoms with Crippen LogP contribution in [0.1, 0.15) is 5.56 Å². The van der Waals surface area contributed by atoms with Gasteiger partial charge in [0.2, 0.25) is 0 Å². The Morgan fingerprint density at radius 2 is 1.06 bits per heavy atom. The van der Waals surface area contributed by atoms with Crippen LogP contribution in [0.5, 0.6) is 0 Å². The van der Waals surface area contributed by atoms with Gasteiger partial charge in [0.25, 0.3) is 0 Å². The Balaban J connectivity index is 1.76. The summed E-state index contributed by atoms with van der Waals surface area (Å²) in [6.45, 7) is 2.18. The highest BCUT2D eigenvalue weighted by molar-refractivity contribution is 7.23. The number of benzene rings is 6. The molecule has 0 amide bonds. The fourth-order valence-electron chi connectivity index (χ4n) is 6.15. The van der Waals surface area contributed by atoms with Gasteiger partial charge in [-0.2, -0.15) is 0 Å². The highest BCUT2D eigenvalue weighted by Gasteiger charge is 2.50. The van der Waals surface area contributed by atoms with Crippen molar-refractivity contribution >= 4 is 50.4 Å². The predicted molar refractivity (Wildman–Crippen MR) is 149 cm³/mol. The third-order valence-electron chi connectivity index (χ3n) is 7.60. The zero-order valence-corrected chi connectivity index (χ0v) is 20.1. The Labute approximate surface area is 201 Å². The second-order valence-corrected chi connectivity index (χ2v) is 13.1. The van der Waals surface area contributed by atoms with Crippen LogP contribution in [0.25, 0.3) is 32.7 Å². The topological polar surface area (TPSA) is 0 Å². The van der Waals surface area contributed by atoms with E-state index in [2.05, 4.69) is 134 Å². The minimum Gasteiger partial charge on any atom is -0.0623 e. The zero-order chi connectivity index (χ0) is 22.7. The largest absolute Gasteiger partial charge is 0.181 e. The van der Waals surface area contributed by atoms with Gasteiger partial charge in [-0.1, -0.05) is 133 Å². The first kappa shape index (κ1) is 19.5. The molecule has 0 spiro atoms. The van der Waals surface area contributed by atoms with Crippen LogP contribution in [0.15, 0.2) is 127 Å². The molecule has 1 heterocycles. The van der Waals surface area contributed by atoms with Crippen molar-refractivity contribution in [3.63, 3.8) is 0 Å². The van der Waals surface area contributed by atoms with Gasteiger partial charge in [0.05, 0.1) is 0 Å². The molecule has 0 nitrogen and oxygen atoms in total. The van der Waals surface area contributed by atoms with Crippen LogP contribution >= 0.6 is 0 Å². The Kier molecular flexibility index (Phi) is 4.18. The lowest BCUT2D eigenvalue weighted by atomic mass is 9.96. The van der Waals surface area contributed by atoms with Gasteiger partial charge >= 0.3 is 0 Å². The lowest BCUT2D eigenvalue weighted by molar-refractivity contribution is 1.49. The van der Waals surface area contributed by atoms with E-state index in [0.717, 1.165) is 0 Å². The molecule has 0 radical (unpaired) electrons. The van der Waals surface area contributed by atoms with Crippen molar-refractivity contribution in [3.8, 4) is 11.1 Å². The number of hydrogen-bond donors (Lipinski definition) is 0. The van der Waals surface area contributed by atoms with Crippen LogP contribution in [-0.4, -0.2) is 8.07 Å². The number of rotatable bonds is 2. The first-order valence-corrected chi connectivity index (χ1v) is 14.0. The average molecular weight is 449 g/mol. The molecule has 6 aromatic rings. The first-order valence-electron chi connectivity index (χ1n) is 12.0. The lowest BCUT2D eigenvalue weighted by Crippen LogP contribution is -2.73. The van der Waals surface area contributed by atoms with E-state index in [4.69, 9.17) is 0 Å². The van der Waals surface area contributed by atoms with Crippen molar-refractivity contribution in [2.24, 2.45) is 0 Å². The van der Waals surface area contributed by atoms with Gasteiger partial charge in [0.15, 0.2) is 8.07 Å². The summed E-state index contributed by atoms with van der Waals surface area (Å²) in [5, 5.41) is 11.3. The molecule has 34 heavy (non-hydrogen) atoms. The molecular formula is C33H24Si. The van der Waals surface area contributed by atoms with Gasteiger partial charge in [0.1, 0.15) is 0 Å². The second-order valence-electron chi connectivity index (χ2n) is 9.40. The summed E-state index contributed by atoms with van der Waals surface area (Å²) in [6.07, 6.45) is 0. The smallest absolute Gasteiger partial charge is 0.0623 e. The van der Waals surface area contributed by atoms with Crippen molar-refractivity contribution < 1.29 is 0 Å². The minimum atomic E-state index is -2.53. The van der Waals surface area contributed by atoms with E-state index < -0.39 is 8.07 Å². The number of hydrogen-bond acceptors (Lipinski definition) is 0. The van der Waals surface area contributed by atoms with Crippen LogP contribution in [-0.2, 0) is 0 Å². The highest BCUT2D eigenvalue weighted by Crippen LogP contribution is 2.36. The molecule has 0 saturated carbocycles. The summed E-state index contributed by atoms with van der Waals surface area (Å²) >= 11 is 0. The molecule has 1 unspecified atom stereocenters. The fourth-order valence-corrected chi connectivity index (χ4v) is 11.5. The molecule has 160 valence electrons. The first-order chi connectivity index (χ1) is 16.8. The Morgan fingerprint density at radius 1 is 0.471 bits per heavy atom. The molecule has 1 atom stereocenters. The van der Waals surface area contributed by atoms with Crippen molar-refractivity contribution in [1.82, 2.24) is 0 Å². The molecule has 0 saturated heterocycles. The third kappa shape index (κ3) is 2.53. The van der Waals surface area contributed by atoms with Gasteiger partial charge in [-0.25, -0.2) is 0 Å². The highest BCUT2D eigenvalue weighted by atomic mass is 28.3. The summed E-state index contributed by atoms with van der Waals surface area (Å²) in [4.78, 5) is 0. The number of aryl methyl sites for hydroxylation is 1. The third-order valence-corrected chi connectivity index (χ3v) is 12.5. The molecule has 0 aromatic heterocycles. The normalized spacial score (nSPS) is 16.5. The summed E-state index contributed by atoms with van der Waals surface area (Å²) in [5.74, 6) is 0. The minimum absolute atomic E-state index is 1.30. The van der Waals surface area contributed by atoms with Gasteiger partial charge < -0.3 is 0 Å². The molecule has 7 rings (SSSR count). The van der Waals surface area contributed by atoms with E-state index in [0.29, 0.717) is 0 Å². The summed E-state index contributed by atoms with van der Waals surface area (Å²) in [6, 6.07) is 47.9. The number of fused-ring (bicyclic) bond motifs is 7. The van der Waals surface area contributed by atoms with Crippen LogP contribution in [0, 0.1) is 6.92 Å². The zero-order valence-electron chi connectivity index (χ0n) is 19.1. The van der Waals surface area contributed by atoms with Crippen LogP contribution in [0.2, 0.25) is 0 Å². The lowest BCUT2D eigenvalue weighted by Gasteiger charge is -2.32. The van der Waals surface area contributed by atoms with Gasteiger partial charge in [-0.15, -0.1) is 0 Å². The Morgan fingerprint density at radius 3 is 1.82 bits per heavy atom. The maximum Gasteiger partial charge on any atom is 0.181 e. The van der Waals surface area contributed by atoms with E-state index in [1.165, 1.54) is 59.0 Å². The molecule has 0 aliphatic carbocycles. The van der Waals surface area contributed by atoms with E-state index in [1.54, 1.807) is 0 Å². The van der Waals surface area contributed by atoms with Crippen LogP contribution in [0.3, 0.4) is 0 Å². The standard InChI is InChI=1S/C33H24Si/c1-23-15-19-27(20-16-23)34(26-11-3-2-4-12-26)31-22-18-24-9-5-7-13-28(24)32(31)30-21-17-25-10-6-8-14-29(25)33(30)34/h2-22H,1H3. The van der Waals surface area contributed by atoms with E-state index in [1.807, 2.05) is 0 Å². The molecule has 6 aromatic carbocycles. The molecular weight excluding hydrogens is 424 g/mol. The van der Waals surface area contributed by atoms with E-state index in [9.17, 15) is 0 Å². The second kappa shape index (κ2) is 7.28. The SMILES string of the molecule is Cc1ccc([Si]2(c3ccccc3)c3ccc4ccccc4c3-c3ccc4ccccc4c32)cc1. The van der Waals surface area contributed by atoms with Gasteiger partial charge in [-0.3, -0.25) is 0 Å². The summed E-state index contributed by atoms with van der Waals surface area (Å²) in [7, 11) is -2.53. The van der Waals surface area contributed by atoms with Crippen molar-refractivity contribution in [2.75, 3.05) is 0 Å². The van der Waals surface area contributed by atoms with Gasteiger partial charge in [-0.05, 0) is 60.3 Å². The van der Waals surface area contributed by atoms with Crippen LogP contribution < -0.4 is 20.7 Å².